The monoisotopic (exact) mass is 222 g/mol. The highest BCUT2D eigenvalue weighted by molar-refractivity contribution is 5.98. The predicted octanol–water partition coefficient (Wildman–Crippen LogP) is 4.06. The zero-order valence-corrected chi connectivity index (χ0v) is 9.76. The zero-order valence-electron chi connectivity index (χ0n) is 9.76. The molecular weight excluding hydrogens is 208 g/mol. The minimum Gasteiger partial charge on any atom is -0.294 e. The Bertz CT molecular complexity index is 538. The van der Waals surface area contributed by atoms with Gasteiger partial charge in [-0.05, 0) is 18.1 Å². The molecule has 2 aromatic carbocycles. The zero-order chi connectivity index (χ0) is 12.1. The molecule has 0 N–H and O–H groups in total. The molecule has 1 nitrogen and oxygen atoms in total. The van der Waals surface area contributed by atoms with Crippen molar-refractivity contribution in [1.82, 2.24) is 0 Å². The Morgan fingerprint density at radius 2 is 1.53 bits per heavy atom. The molecule has 0 atom stereocenters. The molecule has 0 unspecified atom stereocenters. The first-order valence-corrected chi connectivity index (χ1v) is 5.60. The summed E-state index contributed by atoms with van der Waals surface area (Å²) < 4.78 is 0. The largest absolute Gasteiger partial charge is 0.294 e. The van der Waals surface area contributed by atoms with E-state index < -0.39 is 0 Å². The number of Topliss-reactive ketones (excluding diaryl/α,β-unsaturated/α-hetero) is 1. The van der Waals surface area contributed by atoms with Gasteiger partial charge in [-0.1, -0.05) is 66.7 Å². The summed E-state index contributed by atoms with van der Waals surface area (Å²) in [4.78, 5) is 11.4. The minimum absolute atomic E-state index is 0.0957. The first-order valence-electron chi connectivity index (χ1n) is 5.60. The molecule has 0 heterocycles. The molecule has 0 aliphatic heterocycles. The summed E-state index contributed by atoms with van der Waals surface area (Å²) in [5.41, 5.74) is 2.86. The molecule has 2 rings (SSSR count). The van der Waals surface area contributed by atoms with E-state index >= 15 is 0 Å². The molecule has 0 amide bonds. The van der Waals surface area contributed by atoms with Gasteiger partial charge in [-0.3, -0.25) is 4.79 Å². The van der Waals surface area contributed by atoms with Gasteiger partial charge in [-0.25, -0.2) is 0 Å². The smallest absolute Gasteiger partial charge is 0.160 e. The fourth-order valence-corrected chi connectivity index (χ4v) is 1.71. The summed E-state index contributed by atoms with van der Waals surface area (Å²) in [5.74, 6) is 0.0957. The maximum absolute atomic E-state index is 11.4. The highest BCUT2D eigenvalue weighted by Gasteiger charge is 2.02. The molecule has 84 valence electrons. The van der Waals surface area contributed by atoms with E-state index in [1.807, 2.05) is 66.7 Å². The third-order valence-corrected chi connectivity index (χ3v) is 2.59. The van der Waals surface area contributed by atoms with Crippen LogP contribution in [0.3, 0.4) is 0 Å². The standard InChI is InChI=1S/C16H14O/c1-13(17)16-10-6-5-9-15(16)12-11-14-7-3-2-4-8-14/h2-12H,1H3/b12-11+. The van der Waals surface area contributed by atoms with Gasteiger partial charge in [-0.2, -0.15) is 0 Å². The number of carbonyl (C=O) groups is 1. The lowest BCUT2D eigenvalue weighted by molar-refractivity contribution is 0.101. The van der Waals surface area contributed by atoms with Gasteiger partial charge >= 0.3 is 0 Å². The van der Waals surface area contributed by atoms with Crippen LogP contribution in [-0.4, -0.2) is 5.78 Å². The van der Waals surface area contributed by atoms with Crippen LogP contribution in [0.2, 0.25) is 0 Å². The lowest BCUT2D eigenvalue weighted by Crippen LogP contribution is -1.94. The highest BCUT2D eigenvalue weighted by Crippen LogP contribution is 2.13. The molecular formula is C16H14O. The second-order valence-corrected chi connectivity index (χ2v) is 3.89. The first-order chi connectivity index (χ1) is 8.27. The number of carbonyl (C=O) groups excluding carboxylic acids is 1. The third kappa shape index (κ3) is 2.91. The summed E-state index contributed by atoms with van der Waals surface area (Å²) in [5, 5.41) is 0. The van der Waals surface area contributed by atoms with Gasteiger partial charge in [0.1, 0.15) is 0 Å². The van der Waals surface area contributed by atoms with Crippen LogP contribution in [0.5, 0.6) is 0 Å². The van der Waals surface area contributed by atoms with Crippen LogP contribution in [0.25, 0.3) is 12.2 Å². The van der Waals surface area contributed by atoms with Gasteiger partial charge in [0, 0.05) is 5.56 Å². The van der Waals surface area contributed by atoms with E-state index in [2.05, 4.69) is 0 Å². The predicted molar refractivity (Wildman–Crippen MR) is 71.8 cm³/mol. The van der Waals surface area contributed by atoms with Crippen molar-refractivity contribution in [3.05, 3.63) is 71.3 Å². The van der Waals surface area contributed by atoms with Crippen molar-refractivity contribution >= 4 is 17.9 Å². The molecule has 17 heavy (non-hydrogen) atoms. The lowest BCUT2D eigenvalue weighted by atomic mass is 10.0. The van der Waals surface area contributed by atoms with E-state index in [1.54, 1.807) is 6.92 Å². The molecule has 0 aromatic heterocycles. The van der Waals surface area contributed by atoms with Crippen molar-refractivity contribution in [2.24, 2.45) is 0 Å². The van der Waals surface area contributed by atoms with Crippen LogP contribution in [0.15, 0.2) is 54.6 Å². The van der Waals surface area contributed by atoms with Gasteiger partial charge in [0.05, 0.1) is 0 Å². The molecule has 0 aliphatic carbocycles. The molecule has 0 spiro atoms. The molecule has 0 saturated heterocycles. The average molecular weight is 222 g/mol. The third-order valence-electron chi connectivity index (χ3n) is 2.59. The van der Waals surface area contributed by atoms with E-state index in [0.717, 1.165) is 16.7 Å². The molecule has 1 heteroatoms. The topological polar surface area (TPSA) is 17.1 Å². The second-order valence-electron chi connectivity index (χ2n) is 3.89. The Morgan fingerprint density at radius 3 is 2.24 bits per heavy atom. The molecule has 0 aliphatic rings. The van der Waals surface area contributed by atoms with E-state index in [1.165, 1.54) is 0 Å². The van der Waals surface area contributed by atoms with Crippen LogP contribution in [0.4, 0.5) is 0 Å². The van der Waals surface area contributed by atoms with Crippen LogP contribution in [0.1, 0.15) is 28.4 Å². The summed E-state index contributed by atoms with van der Waals surface area (Å²) in [6.07, 6.45) is 3.99. The maximum atomic E-state index is 11.4. The number of hydrogen-bond acceptors (Lipinski definition) is 1. The van der Waals surface area contributed by atoms with E-state index in [0.29, 0.717) is 0 Å². The van der Waals surface area contributed by atoms with E-state index in [9.17, 15) is 4.79 Å². The van der Waals surface area contributed by atoms with Crippen LogP contribution >= 0.6 is 0 Å². The molecule has 0 fully saturated rings. The van der Waals surface area contributed by atoms with Gasteiger partial charge in [0.25, 0.3) is 0 Å². The van der Waals surface area contributed by atoms with Crippen LogP contribution in [0, 0.1) is 0 Å². The second kappa shape index (κ2) is 5.26. The van der Waals surface area contributed by atoms with E-state index in [-0.39, 0.29) is 5.78 Å². The number of benzene rings is 2. The minimum atomic E-state index is 0.0957. The van der Waals surface area contributed by atoms with Crippen molar-refractivity contribution in [2.45, 2.75) is 6.92 Å². The quantitative estimate of drug-likeness (QED) is 0.565. The summed E-state index contributed by atoms with van der Waals surface area (Å²) in [6.45, 7) is 1.59. The highest BCUT2D eigenvalue weighted by atomic mass is 16.1. The number of ketones is 1. The van der Waals surface area contributed by atoms with Gasteiger partial charge in [0.2, 0.25) is 0 Å². The SMILES string of the molecule is CC(=O)c1ccccc1/C=C/c1ccccc1. The van der Waals surface area contributed by atoms with E-state index in [4.69, 9.17) is 0 Å². The van der Waals surface area contributed by atoms with Crippen molar-refractivity contribution in [2.75, 3.05) is 0 Å². The average Bonchev–Trinajstić information content (AvgIpc) is 2.38. The Kier molecular flexibility index (Phi) is 3.51. The van der Waals surface area contributed by atoms with Gasteiger partial charge in [-0.15, -0.1) is 0 Å². The number of rotatable bonds is 3. The number of hydrogen-bond donors (Lipinski definition) is 0. The van der Waals surface area contributed by atoms with Crippen LogP contribution < -0.4 is 0 Å². The molecule has 0 saturated carbocycles. The molecule has 0 radical (unpaired) electrons. The van der Waals surface area contributed by atoms with Gasteiger partial charge < -0.3 is 0 Å². The fraction of sp³-hybridized carbons (Fsp3) is 0.0625. The molecule has 0 bridgehead atoms. The Hall–Kier alpha value is -2.15. The van der Waals surface area contributed by atoms with Crippen molar-refractivity contribution in [3.63, 3.8) is 0 Å². The summed E-state index contributed by atoms with van der Waals surface area (Å²) in [6, 6.07) is 17.7. The maximum Gasteiger partial charge on any atom is 0.160 e. The van der Waals surface area contributed by atoms with Crippen molar-refractivity contribution < 1.29 is 4.79 Å². The Labute approximate surface area is 101 Å². The first kappa shape index (κ1) is 11.3. The van der Waals surface area contributed by atoms with Gasteiger partial charge in [0.15, 0.2) is 5.78 Å². The summed E-state index contributed by atoms with van der Waals surface area (Å²) in [7, 11) is 0. The lowest BCUT2D eigenvalue weighted by Gasteiger charge is -2.01. The Balaban J connectivity index is 2.30. The Morgan fingerprint density at radius 1 is 0.882 bits per heavy atom. The van der Waals surface area contributed by atoms with Crippen LogP contribution in [-0.2, 0) is 0 Å². The summed E-state index contributed by atoms with van der Waals surface area (Å²) >= 11 is 0. The normalized spacial score (nSPS) is 10.6. The fourth-order valence-electron chi connectivity index (χ4n) is 1.71. The van der Waals surface area contributed by atoms with Crippen molar-refractivity contribution in [3.8, 4) is 0 Å². The molecule has 2 aromatic rings. The van der Waals surface area contributed by atoms with Crippen molar-refractivity contribution in [1.29, 1.82) is 0 Å².